The predicted molar refractivity (Wildman–Crippen MR) is 62.1 cm³/mol. The number of fused-ring (bicyclic) bond motifs is 2. The first-order valence-corrected chi connectivity index (χ1v) is 6.95. The number of hydrogen-bond donors (Lipinski definition) is 0. The van der Waals surface area contributed by atoms with Crippen molar-refractivity contribution in [3.8, 4) is 0 Å². The van der Waals surface area contributed by atoms with E-state index >= 15 is 0 Å². The fourth-order valence-electron chi connectivity index (χ4n) is 3.01. The van der Waals surface area contributed by atoms with Gasteiger partial charge in [0.1, 0.15) is 5.78 Å². The summed E-state index contributed by atoms with van der Waals surface area (Å²) >= 11 is 2.42. The Hall–Kier alpha value is 0.400. The van der Waals surface area contributed by atoms with Crippen molar-refractivity contribution in [2.24, 2.45) is 17.8 Å². The Morgan fingerprint density at radius 3 is 2.77 bits per heavy atom. The Morgan fingerprint density at radius 1 is 1.31 bits per heavy atom. The smallest absolute Gasteiger partial charge is 0.139 e. The minimum atomic E-state index is 0.474. The summed E-state index contributed by atoms with van der Waals surface area (Å²) in [5, 5.41) is 0. The van der Waals surface area contributed by atoms with Gasteiger partial charge in [0.15, 0.2) is 0 Å². The molecule has 0 radical (unpaired) electrons. The van der Waals surface area contributed by atoms with Crippen LogP contribution in [0.4, 0.5) is 0 Å². The van der Waals surface area contributed by atoms with Crippen molar-refractivity contribution in [2.75, 3.05) is 4.43 Å². The molecule has 0 aromatic heterocycles. The van der Waals surface area contributed by atoms with Crippen LogP contribution in [0.5, 0.6) is 0 Å². The van der Waals surface area contributed by atoms with Crippen LogP contribution in [0.1, 0.15) is 38.5 Å². The van der Waals surface area contributed by atoms with Gasteiger partial charge in [0.25, 0.3) is 0 Å². The first-order chi connectivity index (χ1) is 6.33. The lowest BCUT2D eigenvalue weighted by atomic mass is 9.84. The lowest BCUT2D eigenvalue weighted by Gasteiger charge is -2.19. The van der Waals surface area contributed by atoms with Gasteiger partial charge in [-0.1, -0.05) is 29.0 Å². The van der Waals surface area contributed by atoms with E-state index in [-0.39, 0.29) is 0 Å². The summed E-state index contributed by atoms with van der Waals surface area (Å²) in [7, 11) is 0. The van der Waals surface area contributed by atoms with Gasteiger partial charge in [0.2, 0.25) is 0 Å². The van der Waals surface area contributed by atoms with Crippen molar-refractivity contribution in [3.63, 3.8) is 0 Å². The van der Waals surface area contributed by atoms with Gasteiger partial charge in [-0.25, -0.2) is 0 Å². The Morgan fingerprint density at radius 2 is 2.15 bits per heavy atom. The van der Waals surface area contributed by atoms with Crippen LogP contribution in [0.3, 0.4) is 0 Å². The van der Waals surface area contributed by atoms with Gasteiger partial charge in [0, 0.05) is 11.8 Å². The second kappa shape index (κ2) is 4.28. The van der Waals surface area contributed by atoms with Gasteiger partial charge in [-0.05, 0) is 42.4 Å². The van der Waals surface area contributed by atoms with Gasteiger partial charge in [-0.3, -0.25) is 4.79 Å². The number of hydrogen-bond acceptors (Lipinski definition) is 1. The van der Waals surface area contributed by atoms with Crippen LogP contribution in [0.2, 0.25) is 0 Å². The molecule has 0 unspecified atom stereocenters. The molecule has 74 valence electrons. The van der Waals surface area contributed by atoms with E-state index in [0.717, 1.165) is 5.92 Å². The quantitative estimate of drug-likeness (QED) is 0.442. The summed E-state index contributed by atoms with van der Waals surface area (Å²) in [5.41, 5.74) is 0. The number of unbranched alkanes of at least 4 members (excludes halogenated alkanes) is 1. The molecule has 0 N–H and O–H groups in total. The highest BCUT2D eigenvalue weighted by molar-refractivity contribution is 14.1. The molecular weight excluding hydrogens is 275 g/mol. The summed E-state index contributed by atoms with van der Waals surface area (Å²) in [5.74, 6) is 2.35. The van der Waals surface area contributed by atoms with E-state index in [0.29, 0.717) is 17.6 Å². The van der Waals surface area contributed by atoms with Gasteiger partial charge in [-0.15, -0.1) is 0 Å². The summed E-state index contributed by atoms with van der Waals surface area (Å²) in [4.78, 5) is 11.8. The van der Waals surface area contributed by atoms with E-state index in [4.69, 9.17) is 0 Å². The zero-order chi connectivity index (χ0) is 9.26. The first kappa shape index (κ1) is 9.94. The van der Waals surface area contributed by atoms with E-state index in [9.17, 15) is 4.79 Å². The zero-order valence-corrected chi connectivity index (χ0v) is 10.1. The summed E-state index contributed by atoms with van der Waals surface area (Å²) in [6.07, 6.45) is 7.51. The fourth-order valence-corrected chi connectivity index (χ4v) is 3.55. The van der Waals surface area contributed by atoms with Crippen molar-refractivity contribution in [2.45, 2.75) is 38.5 Å². The van der Waals surface area contributed by atoms with Crippen LogP contribution in [0.25, 0.3) is 0 Å². The van der Waals surface area contributed by atoms with E-state index in [2.05, 4.69) is 22.6 Å². The third-order valence-corrected chi connectivity index (χ3v) is 4.47. The second-order valence-corrected chi connectivity index (χ2v) is 5.54. The summed E-state index contributed by atoms with van der Waals surface area (Å²) < 4.78 is 1.24. The van der Waals surface area contributed by atoms with Crippen molar-refractivity contribution in [3.05, 3.63) is 0 Å². The molecule has 2 bridgehead atoms. The van der Waals surface area contributed by atoms with Gasteiger partial charge in [0.05, 0.1) is 0 Å². The van der Waals surface area contributed by atoms with Gasteiger partial charge >= 0.3 is 0 Å². The first-order valence-electron chi connectivity index (χ1n) is 5.42. The van der Waals surface area contributed by atoms with Crippen molar-refractivity contribution in [1.29, 1.82) is 0 Å². The molecule has 2 fully saturated rings. The third kappa shape index (κ3) is 1.92. The normalized spacial score (nSPS) is 37.3. The third-order valence-electron chi connectivity index (χ3n) is 3.71. The number of carbonyl (C=O) groups is 1. The van der Waals surface area contributed by atoms with E-state index < -0.39 is 0 Å². The van der Waals surface area contributed by atoms with Gasteiger partial charge < -0.3 is 0 Å². The topological polar surface area (TPSA) is 17.1 Å². The molecule has 0 saturated heterocycles. The lowest BCUT2D eigenvalue weighted by Crippen LogP contribution is -2.21. The maximum atomic E-state index is 11.8. The number of carbonyl (C=O) groups excluding carboxylic acids is 1. The highest BCUT2D eigenvalue weighted by Gasteiger charge is 2.45. The van der Waals surface area contributed by atoms with Crippen molar-refractivity contribution < 1.29 is 4.79 Å². The molecule has 2 rings (SSSR count). The maximum Gasteiger partial charge on any atom is 0.139 e. The second-order valence-electron chi connectivity index (χ2n) is 4.46. The van der Waals surface area contributed by atoms with E-state index in [1.54, 1.807) is 0 Å². The average molecular weight is 292 g/mol. The molecule has 1 nitrogen and oxygen atoms in total. The molecule has 3 atom stereocenters. The Bertz CT molecular complexity index is 202. The number of alkyl halides is 1. The molecule has 0 heterocycles. The van der Waals surface area contributed by atoms with Crippen LogP contribution in [-0.4, -0.2) is 10.2 Å². The monoisotopic (exact) mass is 292 g/mol. The minimum Gasteiger partial charge on any atom is -0.299 e. The average Bonchev–Trinajstić information content (AvgIpc) is 2.69. The SMILES string of the molecule is O=C1[C@H]2CC[C@H](C2)[C@@H]1CCCCI. The molecular formula is C11H17IO. The Labute approximate surface area is 93.8 Å². The highest BCUT2D eigenvalue weighted by Crippen LogP contribution is 2.47. The van der Waals surface area contributed by atoms with Crippen LogP contribution in [-0.2, 0) is 4.79 Å². The maximum absolute atomic E-state index is 11.8. The minimum absolute atomic E-state index is 0.474. The molecule has 0 amide bonds. The molecule has 2 aliphatic carbocycles. The number of halogens is 1. The fraction of sp³-hybridized carbons (Fsp3) is 0.909. The van der Waals surface area contributed by atoms with Gasteiger partial charge in [-0.2, -0.15) is 0 Å². The van der Waals surface area contributed by atoms with Crippen LogP contribution < -0.4 is 0 Å². The Kier molecular flexibility index (Phi) is 3.27. The molecule has 2 saturated carbocycles. The molecule has 0 aromatic carbocycles. The number of Topliss-reactive ketones (excluding diaryl/α,β-unsaturated/α-hetero) is 1. The Balaban J connectivity index is 1.83. The molecule has 0 aliphatic heterocycles. The predicted octanol–water partition coefficient (Wildman–Crippen LogP) is 3.21. The summed E-state index contributed by atoms with van der Waals surface area (Å²) in [6, 6.07) is 0. The number of ketones is 1. The van der Waals surface area contributed by atoms with Crippen LogP contribution in [0.15, 0.2) is 0 Å². The molecule has 0 aromatic rings. The molecule has 2 aliphatic rings. The molecule has 2 heteroatoms. The highest BCUT2D eigenvalue weighted by atomic mass is 127. The number of rotatable bonds is 4. The molecule has 0 spiro atoms. The standard InChI is InChI=1S/C11H17IO/c12-6-2-1-3-10-8-4-5-9(7-8)11(10)13/h8-10H,1-7H2/t8-,9+,10+/m1/s1. The van der Waals surface area contributed by atoms with E-state index in [1.165, 1.54) is 43.0 Å². The lowest BCUT2D eigenvalue weighted by molar-refractivity contribution is -0.125. The molecule has 13 heavy (non-hydrogen) atoms. The van der Waals surface area contributed by atoms with Crippen LogP contribution >= 0.6 is 22.6 Å². The summed E-state index contributed by atoms with van der Waals surface area (Å²) in [6.45, 7) is 0. The van der Waals surface area contributed by atoms with Crippen molar-refractivity contribution in [1.82, 2.24) is 0 Å². The van der Waals surface area contributed by atoms with Crippen LogP contribution in [0, 0.1) is 17.8 Å². The zero-order valence-electron chi connectivity index (χ0n) is 7.97. The van der Waals surface area contributed by atoms with E-state index in [1.807, 2.05) is 0 Å². The largest absolute Gasteiger partial charge is 0.299 e. The van der Waals surface area contributed by atoms with Crippen molar-refractivity contribution >= 4 is 28.4 Å².